The summed E-state index contributed by atoms with van der Waals surface area (Å²) in [6.45, 7) is 2.87. The Morgan fingerprint density at radius 3 is 2.50 bits per heavy atom. The van der Waals surface area contributed by atoms with E-state index in [2.05, 4.69) is 0 Å². The molecule has 2 amide bonds. The van der Waals surface area contributed by atoms with Gasteiger partial charge in [-0.1, -0.05) is 41.9 Å². The molecule has 0 aromatic heterocycles. The van der Waals surface area contributed by atoms with Crippen LogP contribution in [0.5, 0.6) is 0 Å². The van der Waals surface area contributed by atoms with Gasteiger partial charge in [0.2, 0.25) is 11.8 Å². The molecule has 1 saturated heterocycles. The molecule has 1 aliphatic heterocycles. The molecular weight excluding hydrogens is 324 g/mol. The topological polar surface area (TPSA) is 40.6 Å². The van der Waals surface area contributed by atoms with Crippen LogP contribution in [0.1, 0.15) is 13.3 Å². The van der Waals surface area contributed by atoms with Crippen LogP contribution in [0.3, 0.4) is 0 Å². The Labute approximate surface area is 146 Å². The predicted molar refractivity (Wildman–Crippen MR) is 96.4 cm³/mol. The molecule has 2 aromatic carbocycles. The van der Waals surface area contributed by atoms with Gasteiger partial charge in [-0.3, -0.25) is 9.59 Å². The fourth-order valence-electron chi connectivity index (χ4n) is 3.07. The number of nitrogens with zero attached hydrogens (tertiary/aromatic N) is 2. The number of anilines is 2. The summed E-state index contributed by atoms with van der Waals surface area (Å²) in [6, 6.07) is 16.8. The first-order chi connectivity index (χ1) is 11.6. The van der Waals surface area contributed by atoms with Crippen LogP contribution in [0.4, 0.5) is 11.4 Å². The number of carbonyl (C=O) groups excluding carboxylic acids is 2. The van der Waals surface area contributed by atoms with Crippen molar-refractivity contribution in [3.63, 3.8) is 0 Å². The molecule has 4 nitrogen and oxygen atoms in total. The molecule has 3 rings (SSSR count). The second-order valence-corrected chi connectivity index (χ2v) is 6.18. The second kappa shape index (κ2) is 7.05. The zero-order valence-electron chi connectivity index (χ0n) is 13.5. The lowest BCUT2D eigenvalue weighted by Gasteiger charge is -2.24. The molecule has 0 N–H and O–H groups in total. The van der Waals surface area contributed by atoms with Crippen LogP contribution in [0, 0.1) is 5.92 Å². The summed E-state index contributed by atoms with van der Waals surface area (Å²) in [7, 11) is 0. The molecule has 0 aliphatic carbocycles. The average molecular weight is 343 g/mol. The molecule has 1 heterocycles. The van der Waals surface area contributed by atoms with E-state index in [0.717, 1.165) is 5.69 Å². The van der Waals surface area contributed by atoms with E-state index < -0.39 is 0 Å². The van der Waals surface area contributed by atoms with Crippen LogP contribution < -0.4 is 9.80 Å². The van der Waals surface area contributed by atoms with E-state index >= 15 is 0 Å². The van der Waals surface area contributed by atoms with Crippen molar-refractivity contribution in [3.8, 4) is 0 Å². The highest BCUT2D eigenvalue weighted by molar-refractivity contribution is 6.33. The first kappa shape index (κ1) is 16.5. The summed E-state index contributed by atoms with van der Waals surface area (Å²) in [5.41, 5.74) is 1.52. The molecule has 0 bridgehead atoms. The molecule has 124 valence electrons. The molecule has 2 aromatic rings. The molecule has 0 radical (unpaired) electrons. The Hall–Kier alpha value is -2.33. The molecule has 24 heavy (non-hydrogen) atoms. The normalized spacial score (nSPS) is 17.2. The van der Waals surface area contributed by atoms with Crippen LogP contribution in [0.25, 0.3) is 0 Å². The van der Waals surface area contributed by atoms with Gasteiger partial charge in [-0.15, -0.1) is 0 Å². The number of para-hydroxylation sites is 2. The van der Waals surface area contributed by atoms with Gasteiger partial charge in [0.25, 0.3) is 0 Å². The average Bonchev–Trinajstić information content (AvgIpc) is 2.98. The fourth-order valence-corrected chi connectivity index (χ4v) is 3.31. The van der Waals surface area contributed by atoms with Crippen molar-refractivity contribution in [1.82, 2.24) is 0 Å². The minimum Gasteiger partial charge on any atom is -0.312 e. The smallest absolute Gasteiger partial charge is 0.232 e. The summed E-state index contributed by atoms with van der Waals surface area (Å²) < 4.78 is 0. The number of halogens is 1. The van der Waals surface area contributed by atoms with E-state index in [4.69, 9.17) is 11.6 Å². The van der Waals surface area contributed by atoms with Crippen molar-refractivity contribution in [1.29, 1.82) is 0 Å². The number of amides is 2. The maximum Gasteiger partial charge on any atom is 0.232 e. The molecular formula is C19H19ClN2O2. The zero-order valence-corrected chi connectivity index (χ0v) is 14.2. The van der Waals surface area contributed by atoms with Crippen LogP contribution >= 0.6 is 11.6 Å². The maximum absolute atomic E-state index is 12.9. The molecule has 1 fully saturated rings. The summed E-state index contributed by atoms with van der Waals surface area (Å²) in [4.78, 5) is 28.6. The van der Waals surface area contributed by atoms with E-state index in [0.29, 0.717) is 23.8 Å². The third kappa shape index (κ3) is 3.15. The monoisotopic (exact) mass is 342 g/mol. The first-order valence-electron chi connectivity index (χ1n) is 8.03. The van der Waals surface area contributed by atoms with E-state index in [1.165, 1.54) is 0 Å². The first-order valence-corrected chi connectivity index (χ1v) is 8.41. The molecule has 0 saturated carbocycles. The van der Waals surface area contributed by atoms with Crippen molar-refractivity contribution >= 4 is 34.8 Å². The van der Waals surface area contributed by atoms with Gasteiger partial charge >= 0.3 is 0 Å². The third-order valence-corrected chi connectivity index (χ3v) is 4.59. The van der Waals surface area contributed by atoms with Gasteiger partial charge < -0.3 is 9.80 Å². The van der Waals surface area contributed by atoms with Crippen molar-refractivity contribution < 1.29 is 9.59 Å². The SMILES string of the molecule is CCN(C(=O)C1CC(=O)N(c2ccccc2Cl)C1)c1ccccc1. The summed E-state index contributed by atoms with van der Waals surface area (Å²) in [6.07, 6.45) is 0.216. The molecule has 0 spiro atoms. The van der Waals surface area contributed by atoms with Gasteiger partial charge in [0.1, 0.15) is 0 Å². The number of hydrogen-bond acceptors (Lipinski definition) is 2. The van der Waals surface area contributed by atoms with Crippen molar-refractivity contribution in [2.75, 3.05) is 22.9 Å². The van der Waals surface area contributed by atoms with Gasteiger partial charge in [0.05, 0.1) is 16.6 Å². The number of benzene rings is 2. The Morgan fingerprint density at radius 1 is 1.17 bits per heavy atom. The summed E-state index contributed by atoms with van der Waals surface area (Å²) >= 11 is 6.19. The Bertz CT molecular complexity index is 748. The van der Waals surface area contributed by atoms with Gasteiger partial charge in [0.15, 0.2) is 0 Å². The second-order valence-electron chi connectivity index (χ2n) is 5.77. The maximum atomic E-state index is 12.9. The van der Waals surface area contributed by atoms with E-state index in [1.807, 2.05) is 55.5 Å². The molecule has 1 atom stereocenters. The fraction of sp³-hybridized carbons (Fsp3) is 0.263. The Balaban J connectivity index is 1.80. The van der Waals surface area contributed by atoms with Gasteiger partial charge in [-0.05, 0) is 31.2 Å². The van der Waals surface area contributed by atoms with Crippen molar-refractivity contribution in [2.24, 2.45) is 5.92 Å². The van der Waals surface area contributed by atoms with Crippen LogP contribution in [-0.2, 0) is 9.59 Å². The Kier molecular flexibility index (Phi) is 4.86. The highest BCUT2D eigenvalue weighted by atomic mass is 35.5. The van der Waals surface area contributed by atoms with Crippen LogP contribution in [0.15, 0.2) is 54.6 Å². The van der Waals surface area contributed by atoms with Crippen molar-refractivity contribution in [3.05, 3.63) is 59.6 Å². The summed E-state index contributed by atoms with van der Waals surface area (Å²) in [5.74, 6) is -0.439. The van der Waals surface area contributed by atoms with Gasteiger partial charge in [-0.2, -0.15) is 0 Å². The standard InChI is InChI=1S/C19H19ClN2O2/c1-2-21(15-8-4-3-5-9-15)19(24)14-12-18(23)22(13-14)17-11-7-6-10-16(17)20/h3-11,14H,2,12-13H2,1H3. The van der Waals surface area contributed by atoms with Gasteiger partial charge in [-0.25, -0.2) is 0 Å². The number of carbonyl (C=O) groups is 2. The lowest BCUT2D eigenvalue weighted by atomic mass is 10.1. The minimum absolute atomic E-state index is 0.0217. The number of hydrogen-bond donors (Lipinski definition) is 0. The van der Waals surface area contributed by atoms with E-state index in [1.54, 1.807) is 15.9 Å². The molecule has 1 aliphatic rings. The quantitative estimate of drug-likeness (QED) is 0.849. The summed E-state index contributed by atoms with van der Waals surface area (Å²) in [5, 5.41) is 0.523. The lowest BCUT2D eigenvalue weighted by Crippen LogP contribution is -2.37. The largest absolute Gasteiger partial charge is 0.312 e. The molecule has 1 unspecified atom stereocenters. The van der Waals surface area contributed by atoms with E-state index in [9.17, 15) is 9.59 Å². The van der Waals surface area contributed by atoms with Gasteiger partial charge in [0, 0.05) is 25.2 Å². The van der Waals surface area contributed by atoms with Crippen molar-refractivity contribution in [2.45, 2.75) is 13.3 Å². The Morgan fingerprint density at radius 2 is 1.83 bits per heavy atom. The zero-order chi connectivity index (χ0) is 17.1. The highest BCUT2D eigenvalue weighted by Gasteiger charge is 2.37. The van der Waals surface area contributed by atoms with E-state index in [-0.39, 0.29) is 24.2 Å². The molecule has 5 heteroatoms. The van der Waals surface area contributed by atoms with Crippen LogP contribution in [-0.4, -0.2) is 24.9 Å². The lowest BCUT2D eigenvalue weighted by molar-refractivity contribution is -0.124. The minimum atomic E-state index is -0.353. The van der Waals surface area contributed by atoms with Crippen LogP contribution in [0.2, 0.25) is 5.02 Å². The highest BCUT2D eigenvalue weighted by Crippen LogP contribution is 2.32. The number of rotatable bonds is 4. The third-order valence-electron chi connectivity index (χ3n) is 4.27. The predicted octanol–water partition coefficient (Wildman–Crippen LogP) is 3.75.